The van der Waals surface area contributed by atoms with Gasteiger partial charge in [-0.2, -0.15) is 0 Å². The number of pyridine rings is 1. The van der Waals surface area contributed by atoms with Crippen LogP contribution in [0.25, 0.3) is 0 Å². The van der Waals surface area contributed by atoms with E-state index in [0.717, 1.165) is 31.0 Å². The molecular weight excluding hydrogens is 264 g/mol. The van der Waals surface area contributed by atoms with E-state index in [-0.39, 0.29) is 0 Å². The predicted molar refractivity (Wildman–Crippen MR) is 83.9 cm³/mol. The third-order valence-electron chi connectivity index (χ3n) is 2.86. The van der Waals surface area contributed by atoms with Crippen molar-refractivity contribution in [1.29, 1.82) is 0 Å². The van der Waals surface area contributed by atoms with Crippen molar-refractivity contribution in [2.75, 3.05) is 13.2 Å². The minimum absolute atomic E-state index is 0.581. The zero-order valence-corrected chi connectivity index (χ0v) is 12.6. The van der Waals surface area contributed by atoms with E-state index in [0.29, 0.717) is 18.2 Å². The molecule has 1 aromatic heterocycles. The average molecular weight is 286 g/mol. The molecule has 2 aromatic rings. The molecule has 0 saturated carbocycles. The Morgan fingerprint density at radius 3 is 2.57 bits per heavy atom. The maximum atomic E-state index is 5.86. The second-order valence-electron chi connectivity index (χ2n) is 4.64. The van der Waals surface area contributed by atoms with Crippen molar-refractivity contribution in [3.05, 3.63) is 48.2 Å². The number of aromatic nitrogens is 1. The molecule has 0 aliphatic heterocycles. The first-order valence-corrected chi connectivity index (χ1v) is 7.39. The van der Waals surface area contributed by atoms with Crippen molar-refractivity contribution in [2.45, 2.75) is 26.8 Å². The molecule has 1 N–H and O–H groups in total. The normalized spacial score (nSPS) is 10.4. The Morgan fingerprint density at radius 1 is 1.00 bits per heavy atom. The average Bonchev–Trinajstić information content (AvgIpc) is 2.52. The van der Waals surface area contributed by atoms with Gasteiger partial charge >= 0.3 is 0 Å². The van der Waals surface area contributed by atoms with Gasteiger partial charge in [0.15, 0.2) is 11.5 Å². The SMILES string of the molecule is CCCOc1ccccc1Oc1cccc(CNCC)n1. The maximum Gasteiger partial charge on any atom is 0.219 e. The molecule has 21 heavy (non-hydrogen) atoms. The van der Waals surface area contributed by atoms with Crippen LogP contribution in [0.5, 0.6) is 17.4 Å². The third kappa shape index (κ3) is 4.76. The molecule has 2 rings (SSSR count). The summed E-state index contributed by atoms with van der Waals surface area (Å²) in [6.45, 7) is 6.48. The Balaban J connectivity index is 2.10. The van der Waals surface area contributed by atoms with Crippen molar-refractivity contribution in [3.8, 4) is 17.4 Å². The Kier molecular flexibility index (Phi) is 6.03. The van der Waals surface area contributed by atoms with E-state index in [1.165, 1.54) is 0 Å². The van der Waals surface area contributed by atoms with E-state index in [1.54, 1.807) is 0 Å². The first kappa shape index (κ1) is 15.3. The van der Waals surface area contributed by atoms with Crippen molar-refractivity contribution < 1.29 is 9.47 Å². The highest BCUT2D eigenvalue weighted by Crippen LogP contribution is 2.30. The van der Waals surface area contributed by atoms with Gasteiger partial charge in [-0.1, -0.05) is 32.0 Å². The zero-order valence-electron chi connectivity index (χ0n) is 12.6. The van der Waals surface area contributed by atoms with Crippen LogP contribution >= 0.6 is 0 Å². The van der Waals surface area contributed by atoms with Gasteiger partial charge in [0.1, 0.15) is 0 Å². The fraction of sp³-hybridized carbons (Fsp3) is 0.353. The standard InChI is InChI=1S/C17H22N2O2/c1-3-12-20-15-9-5-6-10-16(15)21-17-11-7-8-14(19-17)13-18-4-2/h5-11,18H,3-4,12-13H2,1-2H3. The molecule has 0 fully saturated rings. The molecule has 4 nitrogen and oxygen atoms in total. The molecule has 0 amide bonds. The lowest BCUT2D eigenvalue weighted by Gasteiger charge is -2.12. The number of ether oxygens (including phenoxy) is 2. The highest BCUT2D eigenvalue weighted by Gasteiger charge is 2.06. The molecule has 1 heterocycles. The summed E-state index contributed by atoms with van der Waals surface area (Å²) in [5.41, 5.74) is 0.960. The molecule has 0 aliphatic carbocycles. The number of rotatable bonds is 8. The summed E-state index contributed by atoms with van der Waals surface area (Å²) in [6, 6.07) is 13.5. The summed E-state index contributed by atoms with van der Waals surface area (Å²) in [5, 5.41) is 3.25. The largest absolute Gasteiger partial charge is 0.490 e. The number of hydrogen-bond donors (Lipinski definition) is 1. The van der Waals surface area contributed by atoms with E-state index in [4.69, 9.17) is 9.47 Å². The van der Waals surface area contributed by atoms with Gasteiger partial charge in [0.05, 0.1) is 12.3 Å². The summed E-state index contributed by atoms with van der Waals surface area (Å²) < 4.78 is 11.6. The summed E-state index contributed by atoms with van der Waals surface area (Å²) in [6.07, 6.45) is 0.963. The van der Waals surface area contributed by atoms with Gasteiger partial charge in [-0.15, -0.1) is 0 Å². The van der Waals surface area contributed by atoms with Crippen LogP contribution in [-0.2, 0) is 6.54 Å². The van der Waals surface area contributed by atoms with E-state index in [9.17, 15) is 0 Å². The molecule has 0 spiro atoms. The van der Waals surface area contributed by atoms with Gasteiger partial charge in [0, 0.05) is 12.6 Å². The van der Waals surface area contributed by atoms with Gasteiger partial charge in [-0.3, -0.25) is 0 Å². The Labute approximate surface area is 126 Å². The van der Waals surface area contributed by atoms with Gasteiger partial charge in [0.25, 0.3) is 0 Å². The quantitative estimate of drug-likeness (QED) is 0.802. The van der Waals surface area contributed by atoms with Crippen LogP contribution in [-0.4, -0.2) is 18.1 Å². The lowest BCUT2D eigenvalue weighted by atomic mass is 10.3. The fourth-order valence-corrected chi connectivity index (χ4v) is 1.84. The van der Waals surface area contributed by atoms with Crippen molar-refractivity contribution in [1.82, 2.24) is 10.3 Å². The monoisotopic (exact) mass is 286 g/mol. The van der Waals surface area contributed by atoms with Crippen LogP contribution < -0.4 is 14.8 Å². The number of benzene rings is 1. The summed E-state index contributed by atoms with van der Waals surface area (Å²) in [4.78, 5) is 4.49. The molecular formula is C17H22N2O2. The highest BCUT2D eigenvalue weighted by atomic mass is 16.5. The summed E-state index contributed by atoms with van der Waals surface area (Å²) in [5.74, 6) is 2.02. The Bertz CT molecular complexity index is 558. The van der Waals surface area contributed by atoms with E-state index < -0.39 is 0 Å². The first-order chi connectivity index (χ1) is 10.3. The molecule has 0 unspecified atom stereocenters. The van der Waals surface area contributed by atoms with Crippen molar-refractivity contribution >= 4 is 0 Å². The fourth-order valence-electron chi connectivity index (χ4n) is 1.84. The van der Waals surface area contributed by atoms with Gasteiger partial charge in [-0.05, 0) is 31.2 Å². The zero-order chi connectivity index (χ0) is 14.9. The van der Waals surface area contributed by atoms with Crippen LogP contribution in [0.3, 0.4) is 0 Å². The van der Waals surface area contributed by atoms with Gasteiger partial charge in [0.2, 0.25) is 5.88 Å². The Hall–Kier alpha value is -2.07. The second kappa shape index (κ2) is 8.27. The number of hydrogen-bond acceptors (Lipinski definition) is 4. The van der Waals surface area contributed by atoms with E-state index >= 15 is 0 Å². The van der Waals surface area contributed by atoms with Gasteiger partial charge in [-0.25, -0.2) is 4.98 Å². The number of nitrogens with one attached hydrogen (secondary N) is 1. The summed E-state index contributed by atoms with van der Waals surface area (Å²) >= 11 is 0. The molecule has 0 bridgehead atoms. The van der Waals surface area contributed by atoms with E-state index in [2.05, 4.69) is 24.1 Å². The molecule has 0 atom stereocenters. The van der Waals surface area contributed by atoms with Crippen LogP contribution in [0.4, 0.5) is 0 Å². The molecule has 0 aliphatic rings. The molecule has 112 valence electrons. The number of para-hydroxylation sites is 2. The minimum atomic E-state index is 0.581. The second-order valence-corrected chi connectivity index (χ2v) is 4.64. The van der Waals surface area contributed by atoms with Crippen molar-refractivity contribution in [3.63, 3.8) is 0 Å². The topological polar surface area (TPSA) is 43.4 Å². The molecule has 4 heteroatoms. The van der Waals surface area contributed by atoms with Gasteiger partial charge < -0.3 is 14.8 Å². The van der Waals surface area contributed by atoms with Crippen LogP contribution in [0.15, 0.2) is 42.5 Å². The highest BCUT2D eigenvalue weighted by molar-refractivity contribution is 5.41. The molecule has 0 saturated heterocycles. The maximum absolute atomic E-state index is 5.86. The third-order valence-corrected chi connectivity index (χ3v) is 2.86. The number of nitrogens with zero attached hydrogens (tertiary/aromatic N) is 1. The predicted octanol–water partition coefficient (Wildman–Crippen LogP) is 3.77. The Morgan fingerprint density at radius 2 is 1.81 bits per heavy atom. The van der Waals surface area contributed by atoms with E-state index in [1.807, 2.05) is 42.5 Å². The smallest absolute Gasteiger partial charge is 0.219 e. The van der Waals surface area contributed by atoms with Crippen LogP contribution in [0.1, 0.15) is 26.0 Å². The summed E-state index contributed by atoms with van der Waals surface area (Å²) in [7, 11) is 0. The van der Waals surface area contributed by atoms with Crippen LogP contribution in [0, 0.1) is 0 Å². The lowest BCUT2D eigenvalue weighted by molar-refractivity contribution is 0.300. The first-order valence-electron chi connectivity index (χ1n) is 7.39. The van der Waals surface area contributed by atoms with Crippen LogP contribution in [0.2, 0.25) is 0 Å². The lowest BCUT2D eigenvalue weighted by Crippen LogP contribution is -2.12. The molecule has 0 radical (unpaired) electrons. The molecule has 1 aromatic carbocycles. The minimum Gasteiger partial charge on any atom is -0.490 e. The van der Waals surface area contributed by atoms with Crippen molar-refractivity contribution in [2.24, 2.45) is 0 Å².